The van der Waals surface area contributed by atoms with E-state index in [0.717, 1.165) is 0 Å². The van der Waals surface area contributed by atoms with Gasteiger partial charge in [0.05, 0.1) is 32.9 Å². The quantitative estimate of drug-likeness (QED) is 0.182. The second-order valence-corrected chi connectivity index (χ2v) is 10.8. The lowest BCUT2D eigenvalue weighted by Crippen LogP contribution is -1.94. The van der Waals surface area contributed by atoms with Crippen LogP contribution in [0.1, 0.15) is 32.9 Å². The molecule has 0 unspecified atom stereocenters. The number of hydrogen-bond acceptors (Lipinski definition) is 1. The standard InChI is InChI=1S/C42H24S/c1-2-12-30-27(8-1)22-29(31-20-21-39-42-33(31)15-7-16-34(42)32-13-3-4-17-38(32)43-39)24-36(30)37-23-28-11-5-9-25-18-19-26-10-6-14-35(37)41(26)40(25)28/h1-24H/i1D,2D,3D,4D,5D,6D,7D,8D,9D,10D,11D,12D,13D,14D,15D,16D,17D,18D,19D,20D,21D,22D,23D,24D. The van der Waals surface area contributed by atoms with Gasteiger partial charge in [0.1, 0.15) is 0 Å². The van der Waals surface area contributed by atoms with Crippen molar-refractivity contribution in [3.8, 4) is 33.4 Å². The first kappa shape index (κ1) is 10.3. The summed E-state index contributed by atoms with van der Waals surface area (Å²) in [6, 6.07) is -18.5. The Morgan fingerprint density at radius 2 is 1.00 bits per heavy atom. The lowest BCUT2D eigenvalue weighted by Gasteiger charge is -2.22. The molecule has 0 radical (unpaired) electrons. The van der Waals surface area contributed by atoms with Crippen molar-refractivity contribution in [3.05, 3.63) is 145 Å². The van der Waals surface area contributed by atoms with Crippen LogP contribution >= 0.6 is 11.8 Å². The molecule has 0 aromatic heterocycles. The molecule has 9 aromatic carbocycles. The van der Waals surface area contributed by atoms with Gasteiger partial charge in [0, 0.05) is 15.2 Å². The Morgan fingerprint density at radius 1 is 0.349 bits per heavy atom. The van der Waals surface area contributed by atoms with Gasteiger partial charge in [0.2, 0.25) is 0 Å². The van der Waals surface area contributed by atoms with Crippen LogP contribution in [0, 0.1) is 0 Å². The molecule has 0 atom stereocenters. The maximum absolute atomic E-state index is 10.1. The highest BCUT2D eigenvalue weighted by Crippen LogP contribution is 2.50. The molecule has 1 heterocycles. The minimum absolute atomic E-state index is 0.138. The number of hydrogen-bond donors (Lipinski definition) is 0. The fourth-order valence-electron chi connectivity index (χ4n) is 5.70. The van der Waals surface area contributed by atoms with Crippen molar-refractivity contribution in [2.75, 3.05) is 0 Å². The van der Waals surface area contributed by atoms with Crippen molar-refractivity contribution < 1.29 is 32.9 Å². The second-order valence-electron chi connectivity index (χ2n) is 9.76. The van der Waals surface area contributed by atoms with E-state index in [-0.39, 0.29) is 37.1 Å². The van der Waals surface area contributed by atoms with Gasteiger partial charge in [-0.1, -0.05) is 127 Å². The molecule has 0 saturated heterocycles. The Kier molecular flexibility index (Phi) is 2.08. The molecule has 0 spiro atoms. The Balaban J connectivity index is 1.53. The van der Waals surface area contributed by atoms with Crippen molar-refractivity contribution in [2.45, 2.75) is 9.79 Å². The molecule has 0 saturated carbocycles. The van der Waals surface area contributed by atoms with E-state index in [1.807, 2.05) is 0 Å². The Labute approximate surface area is 287 Å². The summed E-state index contributed by atoms with van der Waals surface area (Å²) in [5.74, 6) is 0. The van der Waals surface area contributed by atoms with Gasteiger partial charge in [-0.3, -0.25) is 0 Å². The van der Waals surface area contributed by atoms with Crippen molar-refractivity contribution >= 4 is 65.6 Å². The highest BCUT2D eigenvalue weighted by molar-refractivity contribution is 7.99. The first-order valence-corrected chi connectivity index (χ1v) is 13.7. The van der Waals surface area contributed by atoms with Crippen LogP contribution in [-0.2, 0) is 0 Å². The Hall–Kier alpha value is -5.11. The molecule has 1 heteroatoms. The van der Waals surface area contributed by atoms with Crippen molar-refractivity contribution in [1.29, 1.82) is 0 Å². The minimum Gasteiger partial charge on any atom is -0.0888 e. The fourth-order valence-corrected chi connectivity index (χ4v) is 6.67. The Morgan fingerprint density at radius 3 is 1.93 bits per heavy atom. The topological polar surface area (TPSA) is 0 Å². The van der Waals surface area contributed by atoms with Gasteiger partial charge in [-0.05, 0) is 112 Å². The maximum Gasteiger partial charge on any atom is 0.0636 e. The lowest BCUT2D eigenvalue weighted by atomic mass is 9.85. The van der Waals surface area contributed by atoms with Crippen molar-refractivity contribution in [1.82, 2.24) is 0 Å². The van der Waals surface area contributed by atoms with Gasteiger partial charge in [-0.25, -0.2) is 0 Å². The summed E-state index contributed by atoms with van der Waals surface area (Å²) in [6.45, 7) is 0. The molecule has 0 fully saturated rings. The van der Waals surface area contributed by atoms with E-state index < -0.39 is 205 Å². The molecule has 43 heavy (non-hydrogen) atoms. The first-order valence-electron chi connectivity index (χ1n) is 24.9. The van der Waals surface area contributed by atoms with Gasteiger partial charge in [-0.2, -0.15) is 0 Å². The van der Waals surface area contributed by atoms with E-state index in [0.29, 0.717) is 11.8 Å². The molecule has 0 aliphatic carbocycles. The first-order chi connectivity index (χ1) is 31.3. The third-order valence-electron chi connectivity index (χ3n) is 7.51. The third kappa shape index (κ3) is 3.29. The Bertz CT molecular complexity index is 3940. The summed E-state index contributed by atoms with van der Waals surface area (Å²) in [7, 11) is 0. The SMILES string of the molecule is [2H]c1c([2H])c([2H])c2c(c1[2H])Sc1c([2H])c([2H])c(-c3c([2H])c(-c4c([2H])c5c([2H])c([2H])c([2H])c6c([2H])c([2H])c7c([2H])c([2H])c([2H])c4c7c65)c4c([2H])c([2H])c([2H])c([2H])c4c3[2H])c3c([2H])c([2H])c([2H])c-2c13. The van der Waals surface area contributed by atoms with Crippen molar-refractivity contribution in [3.63, 3.8) is 0 Å². The number of fused-ring (bicyclic) bond motifs is 3. The largest absolute Gasteiger partial charge is 0.0888 e. The van der Waals surface area contributed by atoms with Crippen LogP contribution in [0.25, 0.3) is 87.2 Å². The molecule has 1 aliphatic heterocycles. The van der Waals surface area contributed by atoms with Gasteiger partial charge in [0.15, 0.2) is 0 Å². The average molecular weight is 585 g/mol. The van der Waals surface area contributed by atoms with E-state index in [9.17, 15) is 11.0 Å². The van der Waals surface area contributed by atoms with Gasteiger partial charge >= 0.3 is 0 Å². The summed E-state index contributed by atoms with van der Waals surface area (Å²) in [5, 5.41) is -4.30. The van der Waals surface area contributed by atoms with Crippen LogP contribution in [0.3, 0.4) is 0 Å². The molecule has 198 valence electrons. The van der Waals surface area contributed by atoms with Crippen molar-refractivity contribution in [2.24, 2.45) is 0 Å². The summed E-state index contributed by atoms with van der Waals surface area (Å²) in [5.41, 5.74) is -3.22. The highest BCUT2D eigenvalue weighted by atomic mass is 32.2. The number of benzene rings is 9. The molecule has 0 amide bonds. The maximum atomic E-state index is 10.1. The summed E-state index contributed by atoms with van der Waals surface area (Å²) < 4.78 is 218. The normalized spacial score (nSPS) is 20.4. The average Bonchev–Trinajstić information content (AvgIpc) is 3.29. The second kappa shape index (κ2) is 8.70. The van der Waals surface area contributed by atoms with Crippen LogP contribution < -0.4 is 0 Å². The van der Waals surface area contributed by atoms with Crippen LogP contribution in [0.15, 0.2) is 155 Å². The molecule has 1 aliphatic rings. The van der Waals surface area contributed by atoms with E-state index in [2.05, 4.69) is 0 Å². The van der Waals surface area contributed by atoms with E-state index >= 15 is 0 Å². The molecule has 9 aromatic rings. The van der Waals surface area contributed by atoms with Crippen LogP contribution in [0.2, 0.25) is 0 Å². The van der Waals surface area contributed by atoms with E-state index in [4.69, 9.17) is 21.9 Å². The summed E-state index contributed by atoms with van der Waals surface area (Å²) in [4.78, 5) is -0.310. The van der Waals surface area contributed by atoms with Crippen LogP contribution in [-0.4, -0.2) is 0 Å². The fraction of sp³-hybridized carbons (Fsp3) is 0. The van der Waals surface area contributed by atoms with Gasteiger partial charge in [-0.15, -0.1) is 0 Å². The monoisotopic (exact) mass is 584 g/mol. The van der Waals surface area contributed by atoms with E-state index in [1.165, 1.54) is 0 Å². The predicted octanol–water partition coefficient (Wildman–Crippen LogP) is 12.4. The summed E-state index contributed by atoms with van der Waals surface area (Å²) >= 11 is 0.648. The zero-order valence-electron chi connectivity index (χ0n) is 45.4. The molecular formula is C42H24S. The van der Waals surface area contributed by atoms with Crippen LogP contribution in [0.5, 0.6) is 0 Å². The highest BCUT2D eigenvalue weighted by Gasteiger charge is 2.21. The number of rotatable bonds is 2. The molecule has 0 nitrogen and oxygen atoms in total. The molecule has 0 N–H and O–H groups in total. The third-order valence-corrected chi connectivity index (χ3v) is 8.53. The minimum atomic E-state index is -0.939. The zero-order valence-corrected chi connectivity index (χ0v) is 22.2. The van der Waals surface area contributed by atoms with E-state index in [1.54, 1.807) is 0 Å². The molecule has 0 bridgehead atoms. The smallest absolute Gasteiger partial charge is 0.0636 e. The van der Waals surface area contributed by atoms with Gasteiger partial charge in [0.25, 0.3) is 0 Å². The predicted molar refractivity (Wildman–Crippen MR) is 186 cm³/mol. The van der Waals surface area contributed by atoms with Gasteiger partial charge < -0.3 is 0 Å². The lowest BCUT2D eigenvalue weighted by molar-refractivity contribution is 1.40. The molecular weight excluding hydrogens is 537 g/mol. The summed E-state index contributed by atoms with van der Waals surface area (Å²) in [6.07, 6.45) is 0. The zero-order chi connectivity index (χ0) is 49.0. The van der Waals surface area contributed by atoms with Crippen LogP contribution in [0.4, 0.5) is 0 Å². The molecule has 10 rings (SSSR count).